The van der Waals surface area contributed by atoms with Crippen LogP contribution in [0.15, 0.2) is 24.4 Å². The molecule has 2 N–H and O–H groups in total. The van der Waals surface area contributed by atoms with E-state index in [4.69, 9.17) is 5.73 Å². The number of nitrogens with zero attached hydrogens (tertiary/aromatic N) is 2. The lowest BCUT2D eigenvalue weighted by Gasteiger charge is -2.29. The van der Waals surface area contributed by atoms with Crippen molar-refractivity contribution in [2.24, 2.45) is 5.73 Å². The van der Waals surface area contributed by atoms with E-state index in [2.05, 4.69) is 30.0 Å². The van der Waals surface area contributed by atoms with E-state index < -0.39 is 0 Å². The van der Waals surface area contributed by atoms with E-state index in [1.165, 1.54) is 0 Å². The molecule has 2 rings (SSSR count). The second-order valence-corrected chi connectivity index (χ2v) is 4.35. The molecule has 0 saturated heterocycles. The SMILES string of the molecule is CN(C)C(c1ccccn1)C1(N)CC1. The molecule has 0 spiro atoms. The summed E-state index contributed by atoms with van der Waals surface area (Å²) in [6.07, 6.45) is 4.04. The zero-order valence-electron chi connectivity index (χ0n) is 8.77. The molecular weight excluding hydrogens is 174 g/mol. The molecule has 0 bridgehead atoms. The third kappa shape index (κ3) is 1.65. The van der Waals surface area contributed by atoms with Crippen LogP contribution in [0.2, 0.25) is 0 Å². The van der Waals surface area contributed by atoms with Crippen molar-refractivity contribution in [2.45, 2.75) is 24.4 Å². The number of pyridine rings is 1. The summed E-state index contributed by atoms with van der Waals surface area (Å²) >= 11 is 0. The average molecular weight is 191 g/mol. The summed E-state index contributed by atoms with van der Waals surface area (Å²) < 4.78 is 0. The Morgan fingerprint density at radius 3 is 2.57 bits per heavy atom. The quantitative estimate of drug-likeness (QED) is 0.780. The average Bonchev–Trinajstić information content (AvgIpc) is 2.85. The van der Waals surface area contributed by atoms with E-state index in [1.807, 2.05) is 18.3 Å². The van der Waals surface area contributed by atoms with Gasteiger partial charge in [0.15, 0.2) is 0 Å². The summed E-state index contributed by atoms with van der Waals surface area (Å²) in [7, 11) is 4.12. The highest BCUT2D eigenvalue weighted by molar-refractivity contribution is 5.20. The molecule has 1 unspecified atom stereocenters. The highest BCUT2D eigenvalue weighted by atomic mass is 15.2. The van der Waals surface area contributed by atoms with Gasteiger partial charge in [-0.2, -0.15) is 0 Å². The Labute approximate surface area is 84.9 Å². The second-order valence-electron chi connectivity index (χ2n) is 4.35. The zero-order chi connectivity index (χ0) is 10.2. The molecule has 0 aliphatic heterocycles. The fraction of sp³-hybridized carbons (Fsp3) is 0.545. The van der Waals surface area contributed by atoms with Crippen LogP contribution in [0, 0.1) is 0 Å². The van der Waals surface area contributed by atoms with Gasteiger partial charge in [0.05, 0.1) is 11.7 Å². The second kappa shape index (κ2) is 3.33. The first-order valence-electron chi connectivity index (χ1n) is 5.00. The molecule has 0 radical (unpaired) electrons. The van der Waals surface area contributed by atoms with E-state index in [9.17, 15) is 0 Å². The molecule has 0 aromatic carbocycles. The molecule has 0 amide bonds. The van der Waals surface area contributed by atoms with E-state index in [0.717, 1.165) is 18.5 Å². The van der Waals surface area contributed by atoms with E-state index in [1.54, 1.807) is 0 Å². The highest BCUT2D eigenvalue weighted by Crippen LogP contribution is 2.45. The number of hydrogen-bond donors (Lipinski definition) is 1. The van der Waals surface area contributed by atoms with Crippen LogP contribution in [0.4, 0.5) is 0 Å². The van der Waals surface area contributed by atoms with Crippen LogP contribution < -0.4 is 5.73 Å². The largest absolute Gasteiger partial charge is 0.323 e. The molecule has 1 saturated carbocycles. The molecule has 1 heterocycles. The third-order valence-corrected chi connectivity index (χ3v) is 2.86. The minimum atomic E-state index is -0.0438. The van der Waals surface area contributed by atoms with Crippen LogP contribution in [0.1, 0.15) is 24.6 Å². The monoisotopic (exact) mass is 191 g/mol. The van der Waals surface area contributed by atoms with Crippen LogP contribution in [0.3, 0.4) is 0 Å². The van der Waals surface area contributed by atoms with Crippen molar-refractivity contribution >= 4 is 0 Å². The maximum atomic E-state index is 6.24. The number of aromatic nitrogens is 1. The Kier molecular flexibility index (Phi) is 2.29. The van der Waals surface area contributed by atoms with Gasteiger partial charge < -0.3 is 5.73 Å². The molecule has 76 valence electrons. The maximum absolute atomic E-state index is 6.24. The van der Waals surface area contributed by atoms with Gasteiger partial charge in [0.25, 0.3) is 0 Å². The van der Waals surface area contributed by atoms with Crippen LogP contribution in [0.5, 0.6) is 0 Å². The lowest BCUT2D eigenvalue weighted by molar-refractivity contribution is 0.240. The molecule has 1 fully saturated rings. The van der Waals surface area contributed by atoms with Crippen molar-refractivity contribution in [3.63, 3.8) is 0 Å². The number of nitrogens with two attached hydrogens (primary N) is 1. The van der Waals surface area contributed by atoms with Crippen LogP contribution >= 0.6 is 0 Å². The van der Waals surface area contributed by atoms with E-state index in [0.29, 0.717) is 0 Å². The van der Waals surface area contributed by atoms with Crippen molar-refractivity contribution in [3.8, 4) is 0 Å². The van der Waals surface area contributed by atoms with Gasteiger partial charge >= 0.3 is 0 Å². The Bertz CT molecular complexity index is 304. The predicted octanol–water partition coefficient (Wildman–Crippen LogP) is 1.18. The van der Waals surface area contributed by atoms with Crippen LogP contribution in [-0.2, 0) is 0 Å². The summed E-state index contributed by atoms with van der Waals surface area (Å²) in [4.78, 5) is 6.55. The topological polar surface area (TPSA) is 42.2 Å². The van der Waals surface area contributed by atoms with Gasteiger partial charge in [0, 0.05) is 11.7 Å². The van der Waals surface area contributed by atoms with Crippen LogP contribution in [0.25, 0.3) is 0 Å². The summed E-state index contributed by atoms with van der Waals surface area (Å²) in [5.41, 5.74) is 7.28. The summed E-state index contributed by atoms with van der Waals surface area (Å²) in [5.74, 6) is 0. The van der Waals surface area contributed by atoms with Gasteiger partial charge in [0.1, 0.15) is 0 Å². The summed E-state index contributed by atoms with van der Waals surface area (Å²) in [6.45, 7) is 0. The number of rotatable bonds is 3. The minimum absolute atomic E-state index is 0.0438. The van der Waals surface area contributed by atoms with Gasteiger partial charge in [-0.05, 0) is 39.1 Å². The first kappa shape index (κ1) is 9.62. The first-order chi connectivity index (χ1) is 6.63. The Morgan fingerprint density at radius 1 is 1.43 bits per heavy atom. The van der Waals surface area contributed by atoms with Crippen molar-refractivity contribution in [3.05, 3.63) is 30.1 Å². The Balaban J connectivity index is 2.28. The first-order valence-corrected chi connectivity index (χ1v) is 5.00. The van der Waals surface area contributed by atoms with Gasteiger partial charge in [-0.3, -0.25) is 9.88 Å². The van der Waals surface area contributed by atoms with Crippen LogP contribution in [-0.4, -0.2) is 29.5 Å². The van der Waals surface area contributed by atoms with Gasteiger partial charge in [0.2, 0.25) is 0 Å². The lowest BCUT2D eigenvalue weighted by atomic mass is 10.0. The van der Waals surface area contributed by atoms with Gasteiger partial charge in [-0.1, -0.05) is 6.07 Å². The highest BCUT2D eigenvalue weighted by Gasteiger charge is 2.48. The normalized spacial score (nSPS) is 20.9. The van der Waals surface area contributed by atoms with E-state index in [-0.39, 0.29) is 11.6 Å². The molecular formula is C11H17N3. The minimum Gasteiger partial charge on any atom is -0.323 e. The molecule has 1 aliphatic carbocycles. The third-order valence-electron chi connectivity index (χ3n) is 2.86. The molecule has 3 heteroatoms. The fourth-order valence-corrected chi connectivity index (χ4v) is 2.03. The molecule has 1 aromatic heterocycles. The fourth-order valence-electron chi connectivity index (χ4n) is 2.03. The molecule has 1 atom stereocenters. The predicted molar refractivity (Wildman–Crippen MR) is 56.8 cm³/mol. The van der Waals surface area contributed by atoms with Crippen molar-refractivity contribution in [1.29, 1.82) is 0 Å². The van der Waals surface area contributed by atoms with Gasteiger partial charge in [-0.15, -0.1) is 0 Å². The molecule has 1 aliphatic rings. The van der Waals surface area contributed by atoms with Gasteiger partial charge in [-0.25, -0.2) is 0 Å². The maximum Gasteiger partial charge on any atom is 0.0697 e. The van der Waals surface area contributed by atoms with Crippen molar-refractivity contribution < 1.29 is 0 Å². The summed E-state index contributed by atoms with van der Waals surface area (Å²) in [5, 5.41) is 0. The molecule has 14 heavy (non-hydrogen) atoms. The molecule has 1 aromatic rings. The number of hydrogen-bond acceptors (Lipinski definition) is 3. The smallest absolute Gasteiger partial charge is 0.0697 e. The zero-order valence-corrected chi connectivity index (χ0v) is 8.77. The standard InChI is InChI=1S/C11H17N3/c1-14(2)10(11(12)6-7-11)9-5-3-4-8-13-9/h3-5,8,10H,6-7,12H2,1-2H3. The van der Waals surface area contributed by atoms with E-state index >= 15 is 0 Å². The number of likely N-dealkylation sites (N-methyl/N-ethyl adjacent to an activating group) is 1. The summed E-state index contributed by atoms with van der Waals surface area (Å²) in [6, 6.07) is 6.26. The molecule has 3 nitrogen and oxygen atoms in total. The Morgan fingerprint density at radius 2 is 2.14 bits per heavy atom. The Hall–Kier alpha value is -0.930. The lowest BCUT2D eigenvalue weighted by Crippen LogP contribution is -2.39. The van der Waals surface area contributed by atoms with Crippen molar-refractivity contribution in [2.75, 3.05) is 14.1 Å². The van der Waals surface area contributed by atoms with Crippen molar-refractivity contribution in [1.82, 2.24) is 9.88 Å².